The van der Waals surface area contributed by atoms with Crippen molar-refractivity contribution in [3.05, 3.63) is 69.3 Å². The minimum Gasteiger partial charge on any atom is -0.266 e. The molecule has 31 heavy (non-hydrogen) atoms. The van der Waals surface area contributed by atoms with Crippen molar-refractivity contribution in [2.45, 2.75) is 0 Å². The SMILES string of the molecule is Cl.N=C(NN=Cc1c(F)c(F)c(F)c(F)c1F)NN=Cc1c(F)c(F)c(F)c(F)c1F. The van der Waals surface area contributed by atoms with E-state index in [0.717, 1.165) is 0 Å². The molecule has 0 atom stereocenters. The van der Waals surface area contributed by atoms with E-state index in [1.165, 1.54) is 0 Å². The fraction of sp³-hybridized carbons (Fsp3) is 0. The average molecular weight is 482 g/mol. The van der Waals surface area contributed by atoms with Crippen molar-refractivity contribution < 1.29 is 43.9 Å². The summed E-state index contributed by atoms with van der Waals surface area (Å²) in [7, 11) is 0. The Morgan fingerprint density at radius 3 is 1.00 bits per heavy atom. The monoisotopic (exact) mass is 481 g/mol. The average Bonchev–Trinajstić information content (AvgIpc) is 2.72. The molecule has 0 aliphatic heterocycles. The lowest BCUT2D eigenvalue weighted by Gasteiger charge is -2.05. The molecule has 2 aromatic carbocycles. The second-order valence-electron chi connectivity index (χ2n) is 5.08. The third kappa shape index (κ3) is 5.04. The lowest BCUT2D eigenvalue weighted by Crippen LogP contribution is -2.29. The predicted molar refractivity (Wildman–Crippen MR) is 88.9 cm³/mol. The van der Waals surface area contributed by atoms with Gasteiger partial charge in [-0.25, -0.2) is 54.8 Å². The summed E-state index contributed by atoms with van der Waals surface area (Å²) < 4.78 is 131. The van der Waals surface area contributed by atoms with E-state index >= 15 is 0 Å². The van der Waals surface area contributed by atoms with Crippen LogP contribution in [0.2, 0.25) is 0 Å². The minimum atomic E-state index is -2.40. The highest BCUT2D eigenvalue weighted by Gasteiger charge is 2.25. The predicted octanol–water partition coefficient (Wildman–Crippen LogP) is 3.98. The van der Waals surface area contributed by atoms with Crippen LogP contribution >= 0.6 is 12.4 Å². The van der Waals surface area contributed by atoms with E-state index in [9.17, 15) is 43.9 Å². The molecule has 0 spiro atoms. The summed E-state index contributed by atoms with van der Waals surface area (Å²) in [6.07, 6.45) is 0.251. The van der Waals surface area contributed by atoms with Crippen LogP contribution in [0.1, 0.15) is 11.1 Å². The second-order valence-corrected chi connectivity index (χ2v) is 5.08. The highest BCUT2D eigenvalue weighted by Crippen LogP contribution is 2.22. The van der Waals surface area contributed by atoms with E-state index in [1.54, 1.807) is 10.9 Å². The van der Waals surface area contributed by atoms with Gasteiger partial charge in [-0.3, -0.25) is 5.41 Å². The summed E-state index contributed by atoms with van der Waals surface area (Å²) in [5.74, 6) is -23.6. The number of nitrogens with one attached hydrogen (secondary N) is 3. The highest BCUT2D eigenvalue weighted by molar-refractivity contribution is 5.85. The van der Waals surface area contributed by atoms with Crippen molar-refractivity contribution in [1.29, 1.82) is 5.41 Å². The smallest absolute Gasteiger partial charge is 0.230 e. The van der Waals surface area contributed by atoms with Crippen molar-refractivity contribution in [3.63, 3.8) is 0 Å². The summed E-state index contributed by atoms with van der Waals surface area (Å²) in [6, 6.07) is 0. The van der Waals surface area contributed by atoms with Crippen LogP contribution in [0, 0.1) is 63.6 Å². The Hall–Kier alpha value is -3.36. The van der Waals surface area contributed by atoms with Gasteiger partial charge in [0.05, 0.1) is 23.6 Å². The first kappa shape index (κ1) is 25.7. The number of hydrazone groups is 2. The molecule has 0 aromatic heterocycles. The molecule has 0 radical (unpaired) electrons. The van der Waals surface area contributed by atoms with E-state index in [1.807, 2.05) is 0 Å². The van der Waals surface area contributed by atoms with Gasteiger partial charge in [-0.2, -0.15) is 10.2 Å². The Bertz CT molecular complexity index is 947. The van der Waals surface area contributed by atoms with E-state index in [0.29, 0.717) is 0 Å². The number of benzene rings is 2. The molecule has 16 heteroatoms. The summed E-state index contributed by atoms with van der Waals surface area (Å²) >= 11 is 0. The Balaban J connectivity index is 0.00000480. The maximum Gasteiger partial charge on any atom is 0.230 e. The molecule has 0 saturated carbocycles. The normalized spacial score (nSPS) is 11.2. The fourth-order valence-electron chi connectivity index (χ4n) is 1.82. The Morgan fingerprint density at radius 2 is 0.742 bits per heavy atom. The molecule has 0 unspecified atom stereocenters. The maximum atomic E-state index is 13.4. The maximum absolute atomic E-state index is 13.4. The number of hydrogen-bond donors (Lipinski definition) is 3. The van der Waals surface area contributed by atoms with Gasteiger partial charge >= 0.3 is 0 Å². The van der Waals surface area contributed by atoms with E-state index in [4.69, 9.17) is 5.41 Å². The molecule has 0 fully saturated rings. The number of rotatable bonds is 4. The topological polar surface area (TPSA) is 72.6 Å². The zero-order valence-corrected chi connectivity index (χ0v) is 15.1. The standard InChI is InChI=1S/C15H5F10N5.ClH/c16-5-3(6(17)10(21)13(24)9(5)20)1-27-29-15(26)30-28-2-4-7(18)11(22)14(25)12(23)8(4)19;/h1-2H,(H3,26,29,30);1H. The molecule has 0 aliphatic rings. The largest absolute Gasteiger partial charge is 0.266 e. The van der Waals surface area contributed by atoms with Gasteiger partial charge in [0.2, 0.25) is 17.6 Å². The summed E-state index contributed by atoms with van der Waals surface area (Å²) in [5, 5.41) is 13.2. The molecule has 0 bridgehead atoms. The number of hydrogen-bond acceptors (Lipinski definition) is 3. The van der Waals surface area contributed by atoms with Gasteiger partial charge in [0.25, 0.3) is 0 Å². The first-order valence-corrected chi connectivity index (χ1v) is 7.18. The Morgan fingerprint density at radius 1 is 0.516 bits per heavy atom. The second kappa shape index (κ2) is 10.1. The van der Waals surface area contributed by atoms with Crippen LogP contribution < -0.4 is 10.9 Å². The van der Waals surface area contributed by atoms with E-state index in [-0.39, 0.29) is 24.8 Å². The zero-order chi connectivity index (χ0) is 22.7. The van der Waals surface area contributed by atoms with Crippen LogP contribution in [0.3, 0.4) is 0 Å². The van der Waals surface area contributed by atoms with Gasteiger partial charge in [0.1, 0.15) is 0 Å². The third-order valence-corrected chi connectivity index (χ3v) is 3.23. The summed E-state index contributed by atoms with van der Waals surface area (Å²) in [6.45, 7) is 0. The Kier molecular flexibility index (Phi) is 8.37. The number of guanidine groups is 1. The molecule has 0 saturated heterocycles. The van der Waals surface area contributed by atoms with Gasteiger partial charge in [-0.1, -0.05) is 0 Å². The Labute approximate surface area is 171 Å². The highest BCUT2D eigenvalue weighted by atomic mass is 35.5. The number of nitrogens with zero attached hydrogens (tertiary/aromatic N) is 2. The van der Waals surface area contributed by atoms with Crippen molar-refractivity contribution >= 4 is 30.8 Å². The zero-order valence-electron chi connectivity index (χ0n) is 14.2. The van der Waals surface area contributed by atoms with Crippen molar-refractivity contribution in [2.75, 3.05) is 0 Å². The molecule has 3 N–H and O–H groups in total. The van der Waals surface area contributed by atoms with Gasteiger partial charge < -0.3 is 0 Å². The number of halogens is 11. The molecule has 0 amide bonds. The fourth-order valence-corrected chi connectivity index (χ4v) is 1.82. The molecule has 2 rings (SSSR count). The molecular formula is C15H6ClF10N5. The lowest BCUT2D eigenvalue weighted by molar-refractivity contribution is 0.377. The van der Waals surface area contributed by atoms with Crippen LogP contribution in [0.4, 0.5) is 43.9 Å². The first-order valence-electron chi connectivity index (χ1n) is 7.18. The summed E-state index contributed by atoms with van der Waals surface area (Å²) in [5.41, 5.74) is 0.398. The van der Waals surface area contributed by atoms with E-state index in [2.05, 4.69) is 10.2 Å². The summed E-state index contributed by atoms with van der Waals surface area (Å²) in [4.78, 5) is 0. The molecule has 5 nitrogen and oxygen atoms in total. The lowest BCUT2D eigenvalue weighted by atomic mass is 10.2. The molecule has 168 valence electrons. The van der Waals surface area contributed by atoms with Gasteiger partial charge in [0, 0.05) is 0 Å². The molecule has 0 heterocycles. The van der Waals surface area contributed by atoms with Crippen molar-refractivity contribution in [2.24, 2.45) is 10.2 Å². The first-order chi connectivity index (χ1) is 14.0. The van der Waals surface area contributed by atoms with E-state index < -0.39 is 75.3 Å². The van der Waals surface area contributed by atoms with Crippen LogP contribution in [-0.2, 0) is 0 Å². The molecular weight excluding hydrogens is 476 g/mol. The minimum absolute atomic E-state index is 0. The van der Waals surface area contributed by atoms with Crippen molar-refractivity contribution in [1.82, 2.24) is 10.9 Å². The third-order valence-electron chi connectivity index (χ3n) is 3.23. The van der Waals surface area contributed by atoms with Crippen LogP contribution in [0.25, 0.3) is 0 Å². The van der Waals surface area contributed by atoms with Gasteiger partial charge in [0.15, 0.2) is 46.5 Å². The van der Waals surface area contributed by atoms with Gasteiger partial charge in [-0.05, 0) is 0 Å². The van der Waals surface area contributed by atoms with Crippen LogP contribution in [0.15, 0.2) is 10.2 Å². The van der Waals surface area contributed by atoms with Crippen LogP contribution in [0.5, 0.6) is 0 Å². The van der Waals surface area contributed by atoms with Crippen molar-refractivity contribution in [3.8, 4) is 0 Å². The van der Waals surface area contributed by atoms with Crippen LogP contribution in [-0.4, -0.2) is 18.4 Å². The quantitative estimate of drug-likeness (QED) is 0.154. The van der Waals surface area contributed by atoms with Gasteiger partial charge in [-0.15, -0.1) is 12.4 Å². The molecule has 2 aromatic rings. The molecule has 0 aliphatic carbocycles.